The minimum Gasteiger partial charge on any atom is -0.495 e. The molecule has 2 aromatic rings. The first-order valence-corrected chi connectivity index (χ1v) is 13.0. The number of nitrogens with one attached hydrogen (secondary N) is 4. The van der Waals surface area contributed by atoms with Crippen molar-refractivity contribution in [1.82, 2.24) is 20.2 Å². The number of amides is 1. The minimum absolute atomic E-state index is 0.117. The summed E-state index contributed by atoms with van der Waals surface area (Å²) in [4.78, 5) is 23.8. The molecule has 0 atom stereocenters. The Balaban J connectivity index is 1.97. The van der Waals surface area contributed by atoms with Crippen LogP contribution in [-0.4, -0.2) is 73.2 Å². The molecule has 0 saturated carbocycles. The van der Waals surface area contributed by atoms with Crippen LogP contribution in [0.5, 0.6) is 5.75 Å². The molecule has 1 aliphatic rings. The van der Waals surface area contributed by atoms with Crippen LogP contribution in [0.4, 0.5) is 30.5 Å². The zero-order valence-electron chi connectivity index (χ0n) is 22.4. The van der Waals surface area contributed by atoms with Crippen LogP contribution in [0, 0.1) is 5.41 Å². The van der Waals surface area contributed by atoms with E-state index in [-0.39, 0.29) is 12.0 Å². The first-order valence-electron chi connectivity index (χ1n) is 12.0. The molecule has 0 radical (unpaired) electrons. The van der Waals surface area contributed by atoms with E-state index in [2.05, 4.69) is 25.9 Å². The fourth-order valence-corrected chi connectivity index (χ4v) is 4.64. The summed E-state index contributed by atoms with van der Waals surface area (Å²) in [5.74, 6) is 0.353. The van der Waals surface area contributed by atoms with Gasteiger partial charge in [0, 0.05) is 48.2 Å². The molecule has 40 heavy (non-hydrogen) atoms. The van der Waals surface area contributed by atoms with Gasteiger partial charge in [-0.05, 0) is 38.4 Å². The standard InChI is InChI=1S/C27H30F3N7O2S/c1-32-25(17-7-5-6-8-18(17)31)19-10-12-33-26(35-19)36-20-15-21(34-24(38)9-11-27(28,29)30)23(16-22(20)39-4)40-14-13-37(2)3/h5-12,15-16,31-32H,13-14H2,1-4H3,(H,34,38)(H,33,35,36)/b11-9+,25-17-,31-18?. The summed E-state index contributed by atoms with van der Waals surface area (Å²) in [5, 5.41) is 16.9. The Morgan fingerprint density at radius 2 is 1.95 bits per heavy atom. The molecule has 212 valence electrons. The highest BCUT2D eigenvalue weighted by Gasteiger charge is 2.23. The van der Waals surface area contributed by atoms with Gasteiger partial charge in [-0.2, -0.15) is 13.2 Å². The first kappa shape index (κ1) is 30.4. The van der Waals surface area contributed by atoms with Gasteiger partial charge in [0.15, 0.2) is 0 Å². The van der Waals surface area contributed by atoms with E-state index in [0.29, 0.717) is 56.5 Å². The van der Waals surface area contributed by atoms with Crippen LogP contribution in [0.1, 0.15) is 5.69 Å². The summed E-state index contributed by atoms with van der Waals surface area (Å²) < 4.78 is 43.3. The number of hydrogen-bond donors (Lipinski definition) is 4. The van der Waals surface area contributed by atoms with Crippen molar-refractivity contribution in [1.29, 1.82) is 5.41 Å². The van der Waals surface area contributed by atoms with E-state index in [1.165, 1.54) is 18.9 Å². The van der Waals surface area contributed by atoms with Gasteiger partial charge in [-0.3, -0.25) is 4.79 Å². The van der Waals surface area contributed by atoms with Gasteiger partial charge in [0.05, 0.1) is 35.6 Å². The Labute approximate surface area is 234 Å². The molecule has 0 aliphatic heterocycles. The molecular weight excluding hydrogens is 543 g/mol. The lowest BCUT2D eigenvalue weighted by Crippen LogP contribution is -2.15. The lowest BCUT2D eigenvalue weighted by molar-refractivity contribution is -0.112. The van der Waals surface area contributed by atoms with Crippen LogP contribution in [0.3, 0.4) is 0 Å². The molecular formula is C27H30F3N7O2S. The molecule has 0 fully saturated rings. The van der Waals surface area contributed by atoms with Gasteiger partial charge in [-0.1, -0.05) is 18.2 Å². The van der Waals surface area contributed by atoms with Crippen molar-refractivity contribution in [3.8, 4) is 5.75 Å². The van der Waals surface area contributed by atoms with Gasteiger partial charge in [-0.25, -0.2) is 9.97 Å². The molecule has 1 aromatic carbocycles. The SMILES string of the molecule is CN/C(=C1/C=CC=CC1=N)c1ccnc(Nc2cc(NC(=O)/C=C/C(F)(F)F)c(SCCN(C)C)cc2OC)n1. The maximum absolute atomic E-state index is 12.6. The lowest BCUT2D eigenvalue weighted by Gasteiger charge is -2.18. The highest BCUT2D eigenvalue weighted by molar-refractivity contribution is 7.99. The maximum Gasteiger partial charge on any atom is 0.409 e. The molecule has 0 bridgehead atoms. The van der Waals surface area contributed by atoms with Crippen LogP contribution < -0.4 is 20.7 Å². The lowest BCUT2D eigenvalue weighted by atomic mass is 10.0. The summed E-state index contributed by atoms with van der Waals surface area (Å²) in [6.07, 6.45) is 4.35. The van der Waals surface area contributed by atoms with Crippen LogP contribution in [-0.2, 0) is 4.79 Å². The number of ether oxygens (including phenoxy) is 1. The number of halogens is 3. The van der Waals surface area contributed by atoms with E-state index in [1.807, 2.05) is 25.1 Å². The number of carbonyl (C=O) groups excluding carboxylic acids is 1. The van der Waals surface area contributed by atoms with E-state index in [9.17, 15) is 18.0 Å². The van der Waals surface area contributed by atoms with Crippen LogP contribution in [0.2, 0.25) is 0 Å². The van der Waals surface area contributed by atoms with Gasteiger partial charge in [-0.15, -0.1) is 11.8 Å². The van der Waals surface area contributed by atoms with Gasteiger partial charge in [0.1, 0.15) is 5.75 Å². The second-order valence-corrected chi connectivity index (χ2v) is 9.76. The summed E-state index contributed by atoms with van der Waals surface area (Å²) >= 11 is 1.42. The first-order chi connectivity index (χ1) is 19.0. The smallest absolute Gasteiger partial charge is 0.409 e. The molecule has 1 aromatic heterocycles. The highest BCUT2D eigenvalue weighted by Crippen LogP contribution is 2.38. The number of allylic oxidation sites excluding steroid dienone is 6. The Morgan fingerprint density at radius 1 is 1.20 bits per heavy atom. The molecule has 0 spiro atoms. The van der Waals surface area contributed by atoms with Gasteiger partial charge < -0.3 is 31.0 Å². The fourth-order valence-electron chi connectivity index (χ4n) is 3.51. The number of carbonyl (C=O) groups is 1. The second-order valence-electron chi connectivity index (χ2n) is 8.63. The second kappa shape index (κ2) is 13.8. The molecule has 9 nitrogen and oxygen atoms in total. The zero-order chi connectivity index (χ0) is 29.3. The Kier molecular flexibility index (Phi) is 10.5. The van der Waals surface area contributed by atoms with Crippen molar-refractivity contribution in [2.45, 2.75) is 11.1 Å². The maximum atomic E-state index is 12.6. The largest absolute Gasteiger partial charge is 0.495 e. The molecule has 13 heteroatoms. The number of nitrogens with zero attached hydrogens (tertiary/aromatic N) is 3. The molecule has 1 amide bonds. The number of benzene rings is 1. The third-order valence-corrected chi connectivity index (χ3v) is 6.42. The number of methoxy groups -OCH3 is 1. The third-order valence-electron chi connectivity index (χ3n) is 5.38. The molecule has 3 rings (SSSR count). The quantitative estimate of drug-likeness (QED) is 0.219. The average molecular weight is 574 g/mol. The van der Waals surface area contributed by atoms with E-state index >= 15 is 0 Å². The van der Waals surface area contributed by atoms with Crippen LogP contribution >= 0.6 is 11.8 Å². The van der Waals surface area contributed by atoms with Crippen molar-refractivity contribution in [2.75, 3.05) is 51.2 Å². The molecule has 1 aliphatic carbocycles. The van der Waals surface area contributed by atoms with Crippen molar-refractivity contribution in [2.24, 2.45) is 0 Å². The summed E-state index contributed by atoms with van der Waals surface area (Å²) in [7, 11) is 7.06. The van der Waals surface area contributed by atoms with Crippen molar-refractivity contribution >= 4 is 46.4 Å². The summed E-state index contributed by atoms with van der Waals surface area (Å²) in [5.41, 5.74) is 2.82. The minimum atomic E-state index is -4.61. The Hall–Kier alpha value is -4.10. The Bertz CT molecular complexity index is 1370. The van der Waals surface area contributed by atoms with Gasteiger partial charge in [0.2, 0.25) is 11.9 Å². The van der Waals surface area contributed by atoms with Crippen molar-refractivity contribution in [3.63, 3.8) is 0 Å². The van der Waals surface area contributed by atoms with E-state index in [4.69, 9.17) is 10.1 Å². The monoisotopic (exact) mass is 573 g/mol. The normalized spacial score (nSPS) is 14.6. The number of alkyl halides is 3. The fraction of sp³-hybridized carbons (Fsp3) is 0.259. The van der Waals surface area contributed by atoms with Crippen molar-refractivity contribution < 1.29 is 22.7 Å². The topological polar surface area (TPSA) is 115 Å². The van der Waals surface area contributed by atoms with Gasteiger partial charge >= 0.3 is 6.18 Å². The number of anilines is 3. The highest BCUT2D eigenvalue weighted by atomic mass is 32.2. The van der Waals surface area contributed by atoms with Crippen LogP contribution in [0.25, 0.3) is 5.70 Å². The number of rotatable bonds is 11. The average Bonchev–Trinajstić information content (AvgIpc) is 2.90. The number of hydrogen-bond acceptors (Lipinski definition) is 9. The predicted molar refractivity (Wildman–Crippen MR) is 153 cm³/mol. The molecule has 4 N–H and O–H groups in total. The summed E-state index contributed by atoms with van der Waals surface area (Å²) in [6, 6.07) is 4.95. The summed E-state index contributed by atoms with van der Waals surface area (Å²) in [6.45, 7) is 0.737. The van der Waals surface area contributed by atoms with Gasteiger partial charge in [0.25, 0.3) is 0 Å². The molecule has 0 unspecified atom stereocenters. The molecule has 0 saturated heterocycles. The van der Waals surface area contributed by atoms with E-state index in [0.717, 1.165) is 6.54 Å². The van der Waals surface area contributed by atoms with E-state index in [1.54, 1.807) is 49.7 Å². The number of aromatic nitrogens is 2. The molecule has 1 heterocycles. The third kappa shape index (κ3) is 8.71. The van der Waals surface area contributed by atoms with E-state index < -0.39 is 12.1 Å². The Morgan fingerprint density at radius 3 is 2.60 bits per heavy atom. The zero-order valence-corrected chi connectivity index (χ0v) is 23.2. The predicted octanol–water partition coefficient (Wildman–Crippen LogP) is 5.02. The van der Waals surface area contributed by atoms with Crippen molar-refractivity contribution in [3.05, 3.63) is 72.1 Å². The van der Waals surface area contributed by atoms with Crippen LogP contribution in [0.15, 0.2) is 71.3 Å². The number of thioether (sulfide) groups is 1.